The fourth-order valence-electron chi connectivity index (χ4n) is 2.64. The molecular weight excluding hydrogens is 417 g/mol. The van der Waals surface area contributed by atoms with Gasteiger partial charge in [-0.3, -0.25) is 4.79 Å². The molecule has 2 aromatic rings. The minimum Gasteiger partial charge on any atom is -0.457 e. The number of rotatable bonds is 8. The van der Waals surface area contributed by atoms with Gasteiger partial charge in [-0.2, -0.15) is 13.2 Å². The summed E-state index contributed by atoms with van der Waals surface area (Å²) in [4.78, 5) is 12.5. The molecule has 0 aliphatic carbocycles. The molecule has 0 aliphatic rings. The second-order valence-electron chi connectivity index (χ2n) is 7.28. The second kappa shape index (κ2) is 11.2. The quantitative estimate of drug-likeness (QED) is 0.373. The third-order valence-electron chi connectivity index (χ3n) is 4.64. The average molecular weight is 444 g/mol. The minimum absolute atomic E-state index is 0.0909. The van der Waals surface area contributed by atoms with E-state index in [9.17, 15) is 18.0 Å². The van der Waals surface area contributed by atoms with Crippen molar-refractivity contribution in [2.75, 3.05) is 0 Å². The molecule has 0 unspecified atom stereocenters. The molecule has 0 aliphatic heterocycles. The monoisotopic (exact) mass is 444 g/mol. The van der Waals surface area contributed by atoms with Crippen LogP contribution in [0, 0.1) is 0 Å². The maximum absolute atomic E-state index is 12.8. The Morgan fingerprint density at radius 2 is 1.78 bits per heavy atom. The van der Waals surface area contributed by atoms with E-state index in [1.165, 1.54) is 17.7 Å². The number of hydrogen-bond donors (Lipinski definition) is 2. The van der Waals surface area contributed by atoms with Crippen molar-refractivity contribution in [1.82, 2.24) is 5.32 Å². The van der Waals surface area contributed by atoms with Gasteiger partial charge in [0.25, 0.3) is 5.91 Å². The predicted octanol–water partition coefficient (Wildman–Crippen LogP) is 6.26. The highest BCUT2D eigenvalue weighted by molar-refractivity contribution is 5.96. The van der Waals surface area contributed by atoms with Crippen LogP contribution in [0.2, 0.25) is 0 Å². The molecule has 32 heavy (non-hydrogen) atoms. The van der Waals surface area contributed by atoms with Gasteiger partial charge in [0.05, 0.1) is 11.1 Å². The summed E-state index contributed by atoms with van der Waals surface area (Å²) in [6.45, 7) is 5.98. The fraction of sp³-hybridized carbons (Fsp3) is 0.240. The van der Waals surface area contributed by atoms with E-state index in [-0.39, 0.29) is 18.2 Å². The zero-order valence-electron chi connectivity index (χ0n) is 18.3. The van der Waals surface area contributed by atoms with Crippen molar-refractivity contribution in [3.8, 4) is 11.5 Å². The highest BCUT2D eigenvalue weighted by Gasteiger charge is 2.30. The van der Waals surface area contributed by atoms with E-state index >= 15 is 0 Å². The normalized spacial score (nSPS) is 13.1. The molecule has 0 heterocycles. The molecule has 170 valence electrons. The molecule has 0 aromatic heterocycles. The second-order valence-corrected chi connectivity index (χ2v) is 7.28. The number of nitrogens with one attached hydrogen (secondary N) is 1. The van der Waals surface area contributed by atoms with Crippen LogP contribution in [0.25, 0.3) is 0 Å². The molecule has 0 spiro atoms. The van der Waals surface area contributed by atoms with Gasteiger partial charge in [-0.05, 0) is 62.2 Å². The summed E-state index contributed by atoms with van der Waals surface area (Å²) in [6.07, 6.45) is 1.89. The lowest BCUT2D eigenvalue weighted by Crippen LogP contribution is -2.25. The molecule has 0 bridgehead atoms. The van der Waals surface area contributed by atoms with Crippen molar-refractivity contribution in [3.05, 3.63) is 94.7 Å². The Balaban J connectivity index is 1.99. The van der Waals surface area contributed by atoms with E-state index in [4.69, 9.17) is 10.5 Å². The first-order valence-electron chi connectivity index (χ1n) is 10.1. The molecule has 2 rings (SSSR count). The highest BCUT2D eigenvalue weighted by atomic mass is 19.4. The van der Waals surface area contributed by atoms with Crippen molar-refractivity contribution in [1.29, 1.82) is 0 Å². The van der Waals surface area contributed by atoms with Crippen LogP contribution < -0.4 is 15.8 Å². The van der Waals surface area contributed by atoms with Crippen LogP contribution in [0.4, 0.5) is 13.2 Å². The minimum atomic E-state index is -4.43. The highest BCUT2D eigenvalue weighted by Crippen LogP contribution is 2.32. The summed E-state index contributed by atoms with van der Waals surface area (Å²) in [7, 11) is 0. The molecule has 0 saturated carbocycles. The van der Waals surface area contributed by atoms with Crippen molar-refractivity contribution >= 4 is 5.91 Å². The van der Waals surface area contributed by atoms with Gasteiger partial charge in [0.1, 0.15) is 11.5 Å². The lowest BCUT2D eigenvalue weighted by Gasteiger charge is -2.11. The topological polar surface area (TPSA) is 64.3 Å². The molecule has 1 amide bonds. The van der Waals surface area contributed by atoms with Crippen LogP contribution in [0.15, 0.2) is 83.6 Å². The number of hydrogen-bond acceptors (Lipinski definition) is 3. The van der Waals surface area contributed by atoms with Crippen LogP contribution in [-0.2, 0) is 17.5 Å². The van der Waals surface area contributed by atoms with Crippen LogP contribution in [0.1, 0.15) is 38.3 Å². The van der Waals surface area contributed by atoms with Gasteiger partial charge < -0.3 is 15.8 Å². The van der Waals surface area contributed by atoms with Crippen molar-refractivity contribution < 1.29 is 22.7 Å². The summed E-state index contributed by atoms with van der Waals surface area (Å²) in [5, 5.41) is 2.81. The van der Waals surface area contributed by atoms with E-state index < -0.39 is 11.7 Å². The summed E-state index contributed by atoms with van der Waals surface area (Å²) in [5.74, 6) is 0.181. The van der Waals surface area contributed by atoms with E-state index in [0.29, 0.717) is 17.0 Å². The smallest absolute Gasteiger partial charge is 0.416 e. The lowest BCUT2D eigenvalue weighted by molar-refractivity contribution is -0.137. The third-order valence-corrected chi connectivity index (χ3v) is 4.64. The Bertz CT molecular complexity index is 1020. The molecule has 0 radical (unpaired) electrons. The first-order chi connectivity index (χ1) is 15.1. The maximum atomic E-state index is 12.8. The average Bonchev–Trinajstić information content (AvgIpc) is 2.75. The number of amides is 1. The predicted molar refractivity (Wildman–Crippen MR) is 120 cm³/mol. The summed E-state index contributed by atoms with van der Waals surface area (Å²) >= 11 is 0. The Morgan fingerprint density at radius 3 is 2.38 bits per heavy atom. The number of allylic oxidation sites excluding steroid dienone is 4. The number of ether oxygens (including phenoxy) is 1. The number of nitrogens with two attached hydrogens (primary N) is 1. The third kappa shape index (κ3) is 7.65. The zero-order chi connectivity index (χ0) is 23.7. The van der Waals surface area contributed by atoms with Crippen LogP contribution in [0.5, 0.6) is 11.5 Å². The van der Waals surface area contributed by atoms with Crippen molar-refractivity contribution in [2.45, 2.75) is 39.9 Å². The lowest BCUT2D eigenvalue weighted by atomic mass is 10.1. The van der Waals surface area contributed by atoms with Crippen molar-refractivity contribution in [3.63, 3.8) is 0 Å². The van der Waals surface area contributed by atoms with Gasteiger partial charge in [0.15, 0.2) is 0 Å². The number of benzene rings is 2. The fourth-order valence-corrected chi connectivity index (χ4v) is 2.64. The van der Waals surface area contributed by atoms with E-state index in [2.05, 4.69) is 5.32 Å². The number of alkyl halides is 3. The van der Waals surface area contributed by atoms with Crippen molar-refractivity contribution in [2.24, 2.45) is 5.73 Å². The van der Waals surface area contributed by atoms with Gasteiger partial charge in [0, 0.05) is 12.2 Å². The van der Waals surface area contributed by atoms with Crippen LogP contribution in [-0.4, -0.2) is 5.91 Å². The molecular formula is C25H27F3N2O2. The standard InChI is InChI=1S/C25H27F3N2O2/c1-4-17(2)7-5-10-23(18(3)29)24(31)30-16-19-11-13-21(14-12-19)32-22-9-6-8-20(15-22)25(26,27)28/h5-15H,4,16,29H2,1-3H3,(H,30,31)/b10-5-,17-7?,23-18-. The van der Waals surface area contributed by atoms with Gasteiger partial charge in [-0.15, -0.1) is 0 Å². The molecule has 2 aromatic carbocycles. The Hall–Kier alpha value is -3.48. The Kier molecular flexibility index (Phi) is 8.70. The zero-order valence-corrected chi connectivity index (χ0v) is 18.3. The van der Waals surface area contributed by atoms with Gasteiger partial charge in [-0.25, -0.2) is 0 Å². The number of carbonyl (C=O) groups is 1. The molecule has 0 fully saturated rings. The molecule has 0 saturated heterocycles. The van der Waals surface area contributed by atoms with E-state index in [1.807, 2.05) is 19.9 Å². The van der Waals surface area contributed by atoms with Crippen LogP contribution in [0.3, 0.4) is 0 Å². The largest absolute Gasteiger partial charge is 0.457 e. The summed E-state index contributed by atoms with van der Waals surface area (Å²) in [6, 6.07) is 11.4. The number of carbonyl (C=O) groups excluding carboxylic acids is 1. The molecule has 0 atom stereocenters. The van der Waals surface area contributed by atoms with Gasteiger partial charge in [-0.1, -0.05) is 42.8 Å². The first-order valence-corrected chi connectivity index (χ1v) is 10.1. The van der Waals surface area contributed by atoms with E-state index in [0.717, 1.165) is 24.1 Å². The SMILES string of the molecule is CCC(C)=C/C=C\C(C(=O)NCc1ccc(Oc2cccc(C(F)(F)F)c2)cc1)=C(/C)N. The van der Waals surface area contributed by atoms with Crippen LogP contribution >= 0.6 is 0 Å². The number of halogens is 3. The Morgan fingerprint density at radius 1 is 1.09 bits per heavy atom. The molecule has 4 nitrogen and oxygen atoms in total. The molecule has 3 N–H and O–H groups in total. The van der Waals surface area contributed by atoms with Gasteiger partial charge in [0.2, 0.25) is 0 Å². The summed E-state index contributed by atoms with van der Waals surface area (Å²) < 4.78 is 44.0. The molecule has 7 heteroatoms. The maximum Gasteiger partial charge on any atom is 0.416 e. The van der Waals surface area contributed by atoms with E-state index in [1.54, 1.807) is 43.3 Å². The first kappa shape index (κ1) is 24.8. The summed E-state index contributed by atoms with van der Waals surface area (Å²) in [5.41, 5.74) is 7.85. The van der Waals surface area contributed by atoms with Gasteiger partial charge >= 0.3 is 6.18 Å². The Labute approximate surface area is 186 Å².